The molecule has 1 aromatic heterocycles. The number of nitrogens with zero attached hydrogens (tertiary/aromatic N) is 3. The van der Waals surface area contributed by atoms with Gasteiger partial charge in [0.15, 0.2) is 11.6 Å². The first-order valence-corrected chi connectivity index (χ1v) is 12.5. The van der Waals surface area contributed by atoms with E-state index in [0.29, 0.717) is 43.2 Å². The number of fused-ring (bicyclic) bond motifs is 1. The number of rotatable bonds is 6. The number of aliphatic hydroxyl groups excluding tert-OH is 1. The van der Waals surface area contributed by atoms with Crippen molar-refractivity contribution in [1.82, 2.24) is 15.2 Å². The maximum Gasteiger partial charge on any atom is 0.246 e. The lowest BCUT2D eigenvalue weighted by Gasteiger charge is -2.29. The lowest BCUT2D eigenvalue weighted by Crippen LogP contribution is -2.38. The molecule has 2 saturated heterocycles. The summed E-state index contributed by atoms with van der Waals surface area (Å²) in [7, 11) is 0. The number of hydrogen-bond acceptors (Lipinski definition) is 8. The van der Waals surface area contributed by atoms with E-state index in [0.717, 1.165) is 43.7 Å². The number of aliphatic hydroxyl groups is 1. The highest BCUT2D eigenvalue weighted by Gasteiger charge is 2.31. The van der Waals surface area contributed by atoms with E-state index in [-0.39, 0.29) is 24.3 Å². The number of carbonyl (C=O) groups is 1. The van der Waals surface area contributed by atoms with E-state index < -0.39 is 12.0 Å². The number of likely N-dealkylation sites (tertiary alicyclic amines) is 1. The molecule has 36 heavy (non-hydrogen) atoms. The molecule has 0 saturated carbocycles. The Morgan fingerprint density at radius 3 is 2.72 bits per heavy atom. The molecule has 4 N–H and O–H groups in total. The maximum atomic E-state index is 15.5. The number of anilines is 4. The first kappa shape index (κ1) is 24.5. The van der Waals surface area contributed by atoms with Crippen LogP contribution in [0.2, 0.25) is 0 Å². The number of ether oxygens (including phenoxy) is 1. The minimum atomic E-state index is -1.01. The van der Waals surface area contributed by atoms with Crippen LogP contribution in [0.1, 0.15) is 36.6 Å². The minimum Gasteiger partial charge on any atom is -0.378 e. The number of aromatic nitrogens is 1. The van der Waals surface area contributed by atoms with E-state index in [1.54, 1.807) is 4.90 Å². The average Bonchev–Trinajstić information content (AvgIpc) is 3.15. The van der Waals surface area contributed by atoms with Gasteiger partial charge in [-0.2, -0.15) is 0 Å². The summed E-state index contributed by atoms with van der Waals surface area (Å²) in [5.41, 5.74) is 2.70. The molecule has 1 aromatic carbocycles. The summed E-state index contributed by atoms with van der Waals surface area (Å²) in [6.07, 6.45) is 2.92. The lowest BCUT2D eigenvalue weighted by atomic mass is 10.1. The SMILES string of the molecule is C=CC(=O)N1CCCC[C@H](Nc2nc(Nc3ccc(N4CCOCC4)cc3)c3c(c2F)CNC3O)C1. The van der Waals surface area contributed by atoms with Gasteiger partial charge in [-0.3, -0.25) is 10.1 Å². The maximum absolute atomic E-state index is 15.5. The van der Waals surface area contributed by atoms with Gasteiger partial charge < -0.3 is 30.3 Å². The number of benzene rings is 1. The third-order valence-corrected chi connectivity index (χ3v) is 7.03. The number of halogens is 1. The van der Waals surface area contributed by atoms with Crippen molar-refractivity contribution in [3.63, 3.8) is 0 Å². The summed E-state index contributed by atoms with van der Waals surface area (Å²) in [5.74, 6) is -0.0810. The standard InChI is InChI=1S/C26H33FN6O3/c1-2-21(34)33-10-4-3-5-18(16-33)30-25-23(27)20-15-28-26(35)22(20)24(31-25)29-17-6-8-19(9-7-17)32-11-13-36-14-12-32/h2,6-9,18,26,28,35H,1,3-5,10-16H2,(H2,29,30,31)/t18-,26?/m0/s1. The van der Waals surface area contributed by atoms with Gasteiger partial charge >= 0.3 is 0 Å². The van der Waals surface area contributed by atoms with E-state index in [1.165, 1.54) is 6.08 Å². The van der Waals surface area contributed by atoms with Crippen LogP contribution in [0.3, 0.4) is 0 Å². The molecule has 3 aliphatic rings. The van der Waals surface area contributed by atoms with Gasteiger partial charge in [0.2, 0.25) is 5.91 Å². The highest BCUT2D eigenvalue weighted by molar-refractivity contribution is 5.87. The fraction of sp³-hybridized carbons (Fsp3) is 0.462. The minimum absolute atomic E-state index is 0.120. The number of morpholine rings is 1. The average molecular weight is 497 g/mol. The van der Waals surface area contributed by atoms with Gasteiger partial charge in [0.05, 0.1) is 13.2 Å². The van der Waals surface area contributed by atoms with E-state index >= 15 is 4.39 Å². The van der Waals surface area contributed by atoms with Crippen molar-refractivity contribution in [3.05, 3.63) is 53.9 Å². The van der Waals surface area contributed by atoms with Crippen LogP contribution in [0.25, 0.3) is 0 Å². The Kier molecular flexibility index (Phi) is 7.35. The third kappa shape index (κ3) is 5.16. The Labute approximate surface area is 210 Å². The lowest BCUT2D eigenvalue weighted by molar-refractivity contribution is -0.126. The summed E-state index contributed by atoms with van der Waals surface area (Å²) in [4.78, 5) is 20.8. The fourth-order valence-corrected chi connectivity index (χ4v) is 5.08. The van der Waals surface area contributed by atoms with Crippen molar-refractivity contribution >= 4 is 28.9 Å². The van der Waals surface area contributed by atoms with Crippen molar-refractivity contribution in [2.75, 3.05) is 54.9 Å². The molecule has 192 valence electrons. The molecular formula is C26H33FN6O3. The normalized spacial score (nSPS) is 22.1. The van der Waals surface area contributed by atoms with E-state index in [1.807, 2.05) is 24.3 Å². The van der Waals surface area contributed by atoms with Crippen molar-refractivity contribution < 1.29 is 19.0 Å². The summed E-state index contributed by atoms with van der Waals surface area (Å²) >= 11 is 0. The number of carbonyl (C=O) groups excluding carboxylic acids is 1. The molecule has 0 aliphatic carbocycles. The molecule has 3 aliphatic heterocycles. The molecule has 0 radical (unpaired) electrons. The molecular weight excluding hydrogens is 463 g/mol. The molecule has 1 unspecified atom stereocenters. The molecule has 0 spiro atoms. The van der Waals surface area contributed by atoms with Gasteiger partial charge in [0.25, 0.3) is 0 Å². The fourth-order valence-electron chi connectivity index (χ4n) is 5.08. The monoisotopic (exact) mass is 496 g/mol. The molecule has 2 aromatic rings. The van der Waals surface area contributed by atoms with Crippen molar-refractivity contribution in [2.24, 2.45) is 0 Å². The Hall–Kier alpha value is -3.21. The van der Waals surface area contributed by atoms with Crippen LogP contribution in [-0.4, -0.2) is 66.3 Å². The van der Waals surface area contributed by atoms with Crippen molar-refractivity contribution in [2.45, 2.75) is 38.1 Å². The zero-order valence-electron chi connectivity index (χ0n) is 20.3. The van der Waals surface area contributed by atoms with Crippen LogP contribution in [-0.2, 0) is 16.1 Å². The van der Waals surface area contributed by atoms with Crippen molar-refractivity contribution in [3.8, 4) is 0 Å². The molecule has 5 rings (SSSR count). The first-order chi connectivity index (χ1) is 17.5. The van der Waals surface area contributed by atoms with Gasteiger partial charge in [0, 0.05) is 61.3 Å². The van der Waals surface area contributed by atoms with Crippen LogP contribution >= 0.6 is 0 Å². The summed E-state index contributed by atoms with van der Waals surface area (Å²) in [6.45, 7) is 8.04. The second-order valence-corrected chi connectivity index (χ2v) is 9.40. The highest BCUT2D eigenvalue weighted by Crippen LogP contribution is 2.36. The van der Waals surface area contributed by atoms with E-state index in [9.17, 15) is 9.90 Å². The quantitative estimate of drug-likeness (QED) is 0.453. The molecule has 2 fully saturated rings. The smallest absolute Gasteiger partial charge is 0.246 e. The van der Waals surface area contributed by atoms with Crippen LogP contribution in [0.5, 0.6) is 0 Å². The predicted molar refractivity (Wildman–Crippen MR) is 137 cm³/mol. The Morgan fingerprint density at radius 2 is 1.97 bits per heavy atom. The first-order valence-electron chi connectivity index (χ1n) is 12.5. The predicted octanol–water partition coefficient (Wildman–Crippen LogP) is 2.87. The van der Waals surface area contributed by atoms with Crippen LogP contribution in [0, 0.1) is 5.82 Å². The van der Waals surface area contributed by atoms with Crippen LogP contribution in [0.4, 0.5) is 27.4 Å². The second kappa shape index (κ2) is 10.8. The summed E-state index contributed by atoms with van der Waals surface area (Å²) in [5, 5.41) is 19.9. The largest absolute Gasteiger partial charge is 0.378 e. The molecule has 4 heterocycles. The molecule has 0 bridgehead atoms. The Bertz CT molecular complexity index is 1110. The highest BCUT2D eigenvalue weighted by atomic mass is 19.1. The van der Waals surface area contributed by atoms with Gasteiger partial charge in [-0.25, -0.2) is 9.37 Å². The zero-order chi connectivity index (χ0) is 25.1. The third-order valence-electron chi connectivity index (χ3n) is 7.03. The second-order valence-electron chi connectivity index (χ2n) is 9.40. The van der Waals surface area contributed by atoms with Crippen LogP contribution in [0.15, 0.2) is 36.9 Å². The number of pyridine rings is 1. The van der Waals surface area contributed by atoms with Crippen molar-refractivity contribution in [1.29, 1.82) is 0 Å². The van der Waals surface area contributed by atoms with Crippen LogP contribution < -0.4 is 20.9 Å². The topological polar surface area (TPSA) is 102 Å². The van der Waals surface area contributed by atoms with E-state index in [4.69, 9.17) is 4.74 Å². The Balaban J connectivity index is 1.38. The van der Waals surface area contributed by atoms with Gasteiger partial charge in [-0.1, -0.05) is 6.58 Å². The van der Waals surface area contributed by atoms with Gasteiger partial charge in [-0.05, 0) is 49.6 Å². The molecule has 10 heteroatoms. The molecule has 1 amide bonds. The molecule has 2 atom stereocenters. The van der Waals surface area contributed by atoms with Gasteiger partial charge in [-0.15, -0.1) is 0 Å². The number of nitrogens with one attached hydrogen (secondary N) is 3. The molecule has 9 nitrogen and oxygen atoms in total. The van der Waals surface area contributed by atoms with E-state index in [2.05, 4.69) is 32.4 Å². The summed E-state index contributed by atoms with van der Waals surface area (Å²) in [6, 6.07) is 7.82. The Morgan fingerprint density at radius 1 is 1.19 bits per heavy atom. The number of amides is 1. The number of hydrogen-bond donors (Lipinski definition) is 4. The zero-order valence-corrected chi connectivity index (χ0v) is 20.3. The summed E-state index contributed by atoms with van der Waals surface area (Å²) < 4.78 is 20.9. The van der Waals surface area contributed by atoms with Gasteiger partial charge in [0.1, 0.15) is 12.0 Å².